The average molecular weight is 388 g/mol. The molecular weight excluding hydrogens is 359 g/mol. The number of halogens is 1. The van der Waals surface area contributed by atoms with E-state index in [9.17, 15) is 14.0 Å². The van der Waals surface area contributed by atoms with Crippen molar-refractivity contribution < 1.29 is 18.7 Å². The van der Waals surface area contributed by atoms with Crippen LogP contribution in [0.3, 0.4) is 0 Å². The van der Waals surface area contributed by atoms with Gasteiger partial charge in [0, 0.05) is 25.2 Å². The number of amides is 2. The lowest BCUT2D eigenvalue weighted by Gasteiger charge is -2.47. The van der Waals surface area contributed by atoms with E-state index in [1.807, 2.05) is 4.90 Å². The first-order valence-electron chi connectivity index (χ1n) is 10.5. The number of hydrogen-bond donors (Lipinski definition) is 0. The van der Waals surface area contributed by atoms with Gasteiger partial charge in [0.2, 0.25) is 5.91 Å². The number of carbonyl (C=O) groups excluding carboxylic acids is 2. The minimum absolute atomic E-state index is 0.0351. The summed E-state index contributed by atoms with van der Waals surface area (Å²) in [5.41, 5.74) is 0.286. The highest BCUT2D eigenvalue weighted by molar-refractivity contribution is 5.95. The molecule has 1 aromatic rings. The molecular formula is C22H29FN2O3. The summed E-state index contributed by atoms with van der Waals surface area (Å²) >= 11 is 0. The van der Waals surface area contributed by atoms with Gasteiger partial charge in [0.1, 0.15) is 12.4 Å². The summed E-state index contributed by atoms with van der Waals surface area (Å²) in [6.07, 6.45) is 8.31. The Kier molecular flexibility index (Phi) is 5.67. The van der Waals surface area contributed by atoms with Gasteiger partial charge in [0.05, 0.1) is 12.1 Å². The number of benzene rings is 1. The molecule has 0 atom stereocenters. The maximum Gasteiger partial charge on any atom is 0.253 e. The van der Waals surface area contributed by atoms with Crippen LogP contribution in [0.25, 0.3) is 0 Å². The summed E-state index contributed by atoms with van der Waals surface area (Å²) in [5, 5.41) is 0. The van der Waals surface area contributed by atoms with Crippen molar-refractivity contribution in [1.82, 2.24) is 4.90 Å². The molecule has 2 heterocycles. The number of hydrogen-bond acceptors (Lipinski definition) is 3. The largest absolute Gasteiger partial charge is 0.363 e. The Labute approximate surface area is 165 Å². The molecule has 0 radical (unpaired) electrons. The van der Waals surface area contributed by atoms with E-state index < -0.39 is 5.60 Å². The fraction of sp³-hybridized carbons (Fsp3) is 0.636. The molecule has 6 heteroatoms. The lowest BCUT2D eigenvalue weighted by atomic mass is 9.85. The van der Waals surface area contributed by atoms with Gasteiger partial charge in [-0.2, -0.15) is 0 Å². The minimum Gasteiger partial charge on any atom is -0.363 e. The Morgan fingerprint density at radius 2 is 1.79 bits per heavy atom. The van der Waals surface area contributed by atoms with Crippen molar-refractivity contribution >= 4 is 17.5 Å². The SMILES string of the molecule is O=C(CC1CCCCC1)N1CCC2(CC1)CN(c1ccc(F)cc1)C(=O)CO2. The first-order chi connectivity index (χ1) is 13.5. The molecule has 3 aliphatic rings. The topological polar surface area (TPSA) is 49.9 Å². The number of likely N-dealkylation sites (tertiary alicyclic amines) is 1. The number of morpholine rings is 1. The standard InChI is InChI=1S/C22H29FN2O3/c23-18-6-8-19(9-7-18)25-16-22(28-15-21(25)27)10-12-24(13-11-22)20(26)14-17-4-2-1-3-5-17/h6-9,17H,1-5,10-16H2. The molecule has 0 unspecified atom stereocenters. The van der Waals surface area contributed by atoms with Crippen molar-refractivity contribution in [1.29, 1.82) is 0 Å². The van der Waals surface area contributed by atoms with Gasteiger partial charge in [0.15, 0.2) is 0 Å². The summed E-state index contributed by atoms with van der Waals surface area (Å²) in [6, 6.07) is 6.01. The van der Waals surface area contributed by atoms with Gasteiger partial charge in [0.25, 0.3) is 5.91 Å². The van der Waals surface area contributed by atoms with E-state index in [1.54, 1.807) is 17.0 Å². The van der Waals surface area contributed by atoms with Crippen LogP contribution in [-0.4, -0.2) is 48.6 Å². The van der Waals surface area contributed by atoms with Gasteiger partial charge >= 0.3 is 0 Å². The molecule has 1 spiro atoms. The molecule has 0 N–H and O–H groups in total. The van der Waals surface area contributed by atoms with Crippen molar-refractivity contribution in [2.45, 2.75) is 57.0 Å². The predicted octanol–water partition coefficient (Wildman–Crippen LogP) is 3.52. The summed E-state index contributed by atoms with van der Waals surface area (Å²) in [7, 11) is 0. The maximum atomic E-state index is 13.2. The van der Waals surface area contributed by atoms with E-state index in [4.69, 9.17) is 4.74 Å². The molecule has 0 bridgehead atoms. The molecule has 2 aliphatic heterocycles. The predicted molar refractivity (Wildman–Crippen MR) is 104 cm³/mol. The molecule has 2 amide bonds. The smallest absolute Gasteiger partial charge is 0.253 e. The fourth-order valence-electron chi connectivity index (χ4n) is 4.80. The van der Waals surface area contributed by atoms with Crippen LogP contribution < -0.4 is 4.90 Å². The maximum absolute atomic E-state index is 13.2. The zero-order chi connectivity index (χ0) is 19.6. The summed E-state index contributed by atoms with van der Waals surface area (Å²) < 4.78 is 19.2. The van der Waals surface area contributed by atoms with Crippen LogP contribution in [0, 0.1) is 11.7 Å². The summed E-state index contributed by atoms with van der Waals surface area (Å²) in [5.74, 6) is 0.399. The van der Waals surface area contributed by atoms with Crippen molar-refractivity contribution in [3.05, 3.63) is 30.1 Å². The first kappa shape index (κ1) is 19.4. The number of carbonyl (C=O) groups is 2. The first-order valence-corrected chi connectivity index (χ1v) is 10.5. The Morgan fingerprint density at radius 1 is 1.11 bits per heavy atom. The highest BCUT2D eigenvalue weighted by atomic mass is 19.1. The summed E-state index contributed by atoms with van der Waals surface area (Å²) in [4.78, 5) is 28.7. The lowest BCUT2D eigenvalue weighted by molar-refractivity contribution is -0.151. The number of nitrogens with zero attached hydrogens (tertiary/aromatic N) is 2. The van der Waals surface area contributed by atoms with Crippen LogP contribution in [0.2, 0.25) is 0 Å². The molecule has 1 aliphatic carbocycles. The van der Waals surface area contributed by atoms with Crippen LogP contribution in [0.5, 0.6) is 0 Å². The van der Waals surface area contributed by atoms with Gasteiger partial charge in [-0.15, -0.1) is 0 Å². The highest BCUT2D eigenvalue weighted by Gasteiger charge is 2.43. The zero-order valence-corrected chi connectivity index (χ0v) is 16.4. The van der Waals surface area contributed by atoms with E-state index >= 15 is 0 Å². The Bertz CT molecular complexity index is 707. The normalized spacial score (nSPS) is 23.2. The number of ether oxygens (including phenoxy) is 1. The Hall–Kier alpha value is -1.95. The second-order valence-corrected chi connectivity index (χ2v) is 8.52. The Balaban J connectivity index is 1.35. The quantitative estimate of drug-likeness (QED) is 0.796. The van der Waals surface area contributed by atoms with Crippen molar-refractivity contribution in [3.8, 4) is 0 Å². The van der Waals surface area contributed by atoms with E-state index in [-0.39, 0.29) is 24.2 Å². The molecule has 5 nitrogen and oxygen atoms in total. The Morgan fingerprint density at radius 3 is 2.46 bits per heavy atom. The van der Waals surface area contributed by atoms with E-state index in [2.05, 4.69) is 0 Å². The van der Waals surface area contributed by atoms with Crippen LogP contribution in [0.1, 0.15) is 51.4 Å². The van der Waals surface area contributed by atoms with Gasteiger partial charge in [-0.25, -0.2) is 4.39 Å². The van der Waals surface area contributed by atoms with Crippen LogP contribution in [0.4, 0.5) is 10.1 Å². The molecule has 0 aromatic heterocycles. The van der Waals surface area contributed by atoms with Gasteiger partial charge in [-0.05, 0) is 55.9 Å². The fourth-order valence-corrected chi connectivity index (χ4v) is 4.80. The number of anilines is 1. The van der Waals surface area contributed by atoms with Crippen molar-refractivity contribution in [2.24, 2.45) is 5.92 Å². The molecule has 28 heavy (non-hydrogen) atoms. The lowest BCUT2D eigenvalue weighted by Crippen LogP contribution is -2.59. The molecule has 152 valence electrons. The third-order valence-electron chi connectivity index (χ3n) is 6.60. The van der Waals surface area contributed by atoms with Crippen LogP contribution >= 0.6 is 0 Å². The molecule has 4 rings (SSSR count). The number of piperidine rings is 1. The zero-order valence-electron chi connectivity index (χ0n) is 16.4. The van der Waals surface area contributed by atoms with Gasteiger partial charge in [-0.1, -0.05) is 19.3 Å². The molecule has 1 saturated carbocycles. The monoisotopic (exact) mass is 388 g/mol. The van der Waals surface area contributed by atoms with Gasteiger partial charge in [-0.3, -0.25) is 9.59 Å². The van der Waals surface area contributed by atoms with Gasteiger partial charge < -0.3 is 14.5 Å². The van der Waals surface area contributed by atoms with E-state index in [1.165, 1.54) is 44.2 Å². The second-order valence-electron chi connectivity index (χ2n) is 8.52. The van der Waals surface area contributed by atoms with E-state index in [0.717, 1.165) is 12.8 Å². The molecule has 1 aromatic carbocycles. The average Bonchev–Trinajstić information content (AvgIpc) is 2.72. The van der Waals surface area contributed by atoms with Crippen molar-refractivity contribution in [2.75, 3.05) is 31.1 Å². The second kappa shape index (κ2) is 8.19. The summed E-state index contributed by atoms with van der Waals surface area (Å²) in [6.45, 7) is 1.85. The molecule has 3 fully saturated rings. The molecule has 2 saturated heterocycles. The number of rotatable bonds is 3. The minimum atomic E-state index is -0.413. The van der Waals surface area contributed by atoms with E-state index in [0.29, 0.717) is 37.7 Å². The highest BCUT2D eigenvalue weighted by Crippen LogP contribution is 2.34. The third-order valence-corrected chi connectivity index (χ3v) is 6.60. The van der Waals surface area contributed by atoms with Crippen LogP contribution in [-0.2, 0) is 14.3 Å². The van der Waals surface area contributed by atoms with Crippen molar-refractivity contribution in [3.63, 3.8) is 0 Å². The van der Waals surface area contributed by atoms with Crippen LogP contribution in [0.15, 0.2) is 24.3 Å². The third kappa shape index (κ3) is 4.22.